The number of ether oxygens (including phenoxy) is 1. The first-order valence-electron chi connectivity index (χ1n) is 2.75. The van der Waals surface area contributed by atoms with E-state index in [4.69, 9.17) is 15.6 Å². The molecule has 4 nitrogen and oxygen atoms in total. The molecule has 0 radical (unpaired) electrons. The molecule has 52 valence electrons. The summed E-state index contributed by atoms with van der Waals surface area (Å²) >= 11 is 0. The number of nitrogens with two attached hydrogens (primary N) is 1. The molecule has 3 N–H and O–H groups in total. The van der Waals surface area contributed by atoms with Gasteiger partial charge in [0.05, 0.1) is 6.61 Å². The fourth-order valence-electron chi connectivity index (χ4n) is 0.749. The Kier molecular flexibility index (Phi) is 1.42. The van der Waals surface area contributed by atoms with Gasteiger partial charge < -0.3 is 15.6 Å². The molecule has 1 atom stereocenters. The van der Waals surface area contributed by atoms with E-state index in [0.29, 0.717) is 13.0 Å². The van der Waals surface area contributed by atoms with E-state index in [1.54, 1.807) is 0 Å². The number of aliphatic carboxylic acids is 1. The van der Waals surface area contributed by atoms with Crippen LogP contribution in [0.25, 0.3) is 0 Å². The van der Waals surface area contributed by atoms with Crippen molar-refractivity contribution in [2.75, 3.05) is 13.2 Å². The first-order chi connectivity index (χ1) is 4.15. The van der Waals surface area contributed by atoms with E-state index in [1.807, 2.05) is 0 Å². The lowest BCUT2D eigenvalue weighted by Crippen LogP contribution is -2.48. The third-order valence-electron chi connectivity index (χ3n) is 1.48. The van der Waals surface area contributed by atoms with Crippen LogP contribution in [-0.4, -0.2) is 29.8 Å². The van der Waals surface area contributed by atoms with Gasteiger partial charge in [0, 0.05) is 13.0 Å². The molecular formula is C5H9NO3. The molecule has 1 rings (SSSR count). The average Bonchev–Trinajstić information content (AvgIpc) is 2.16. The Morgan fingerprint density at radius 2 is 2.44 bits per heavy atom. The normalized spacial score (nSPS) is 34.8. The Balaban J connectivity index is 2.61. The SMILES string of the molecule is N[C@@]1(C(=O)O)CCOC1. The first-order valence-corrected chi connectivity index (χ1v) is 2.75. The molecule has 1 fully saturated rings. The Bertz CT molecular complexity index is 128. The van der Waals surface area contributed by atoms with E-state index in [1.165, 1.54) is 0 Å². The van der Waals surface area contributed by atoms with Crippen LogP contribution in [0.3, 0.4) is 0 Å². The van der Waals surface area contributed by atoms with Crippen molar-refractivity contribution < 1.29 is 14.6 Å². The zero-order chi connectivity index (χ0) is 6.91. The molecule has 0 bridgehead atoms. The maximum atomic E-state index is 10.3. The molecule has 0 aromatic carbocycles. The fourth-order valence-corrected chi connectivity index (χ4v) is 0.749. The minimum absolute atomic E-state index is 0.141. The summed E-state index contributed by atoms with van der Waals surface area (Å²) in [7, 11) is 0. The van der Waals surface area contributed by atoms with E-state index >= 15 is 0 Å². The first kappa shape index (κ1) is 6.51. The van der Waals surface area contributed by atoms with Crippen molar-refractivity contribution in [3.05, 3.63) is 0 Å². The van der Waals surface area contributed by atoms with Gasteiger partial charge in [0.25, 0.3) is 0 Å². The van der Waals surface area contributed by atoms with Crippen LogP contribution in [-0.2, 0) is 9.53 Å². The lowest BCUT2D eigenvalue weighted by Gasteiger charge is -2.13. The molecular weight excluding hydrogens is 122 g/mol. The minimum atomic E-state index is -1.11. The van der Waals surface area contributed by atoms with Crippen molar-refractivity contribution in [3.8, 4) is 0 Å². The number of hydrogen-bond acceptors (Lipinski definition) is 3. The van der Waals surface area contributed by atoms with E-state index in [9.17, 15) is 4.79 Å². The van der Waals surface area contributed by atoms with Crippen LogP contribution in [0.5, 0.6) is 0 Å². The Hall–Kier alpha value is -0.610. The third kappa shape index (κ3) is 1.04. The lowest BCUT2D eigenvalue weighted by atomic mass is 10.0. The van der Waals surface area contributed by atoms with Crippen LogP contribution < -0.4 is 5.73 Å². The summed E-state index contributed by atoms with van der Waals surface area (Å²) in [5, 5.41) is 8.47. The number of rotatable bonds is 1. The highest BCUT2D eigenvalue weighted by molar-refractivity contribution is 5.78. The molecule has 4 heteroatoms. The molecule has 1 aliphatic heterocycles. The highest BCUT2D eigenvalue weighted by atomic mass is 16.5. The molecule has 0 saturated carbocycles. The van der Waals surface area contributed by atoms with Crippen LogP contribution in [0.15, 0.2) is 0 Å². The van der Waals surface area contributed by atoms with Crippen LogP contribution >= 0.6 is 0 Å². The van der Waals surface area contributed by atoms with Crippen molar-refractivity contribution in [1.82, 2.24) is 0 Å². The van der Waals surface area contributed by atoms with Gasteiger partial charge in [0.2, 0.25) is 0 Å². The monoisotopic (exact) mass is 131 g/mol. The zero-order valence-electron chi connectivity index (χ0n) is 4.96. The highest BCUT2D eigenvalue weighted by Crippen LogP contribution is 2.14. The Morgan fingerprint density at radius 1 is 1.78 bits per heavy atom. The number of hydrogen-bond donors (Lipinski definition) is 2. The summed E-state index contributed by atoms with van der Waals surface area (Å²) in [6.45, 7) is 0.602. The summed E-state index contributed by atoms with van der Waals surface area (Å²) < 4.78 is 4.82. The quantitative estimate of drug-likeness (QED) is 0.488. The van der Waals surface area contributed by atoms with Gasteiger partial charge in [-0.1, -0.05) is 0 Å². The third-order valence-corrected chi connectivity index (χ3v) is 1.48. The second-order valence-corrected chi connectivity index (χ2v) is 2.26. The van der Waals surface area contributed by atoms with Gasteiger partial charge in [-0.15, -0.1) is 0 Å². The molecule has 1 heterocycles. The molecule has 0 spiro atoms. The van der Waals surface area contributed by atoms with Crippen LogP contribution in [0.4, 0.5) is 0 Å². The maximum absolute atomic E-state index is 10.3. The van der Waals surface area contributed by atoms with E-state index in [2.05, 4.69) is 0 Å². The smallest absolute Gasteiger partial charge is 0.326 e. The van der Waals surface area contributed by atoms with Crippen molar-refractivity contribution in [3.63, 3.8) is 0 Å². The predicted octanol–water partition coefficient (Wildman–Crippen LogP) is -0.811. The van der Waals surface area contributed by atoms with Crippen molar-refractivity contribution in [2.24, 2.45) is 5.73 Å². The van der Waals surface area contributed by atoms with Gasteiger partial charge in [-0.2, -0.15) is 0 Å². The topological polar surface area (TPSA) is 72.6 Å². The summed E-state index contributed by atoms with van der Waals surface area (Å²) in [6.07, 6.45) is 0.419. The number of carbonyl (C=O) groups is 1. The van der Waals surface area contributed by atoms with E-state index < -0.39 is 11.5 Å². The van der Waals surface area contributed by atoms with E-state index in [0.717, 1.165) is 0 Å². The molecule has 0 aromatic rings. The van der Waals surface area contributed by atoms with Crippen LogP contribution in [0.1, 0.15) is 6.42 Å². The largest absolute Gasteiger partial charge is 0.480 e. The van der Waals surface area contributed by atoms with Crippen molar-refractivity contribution in [2.45, 2.75) is 12.0 Å². The summed E-state index contributed by atoms with van der Waals surface area (Å²) in [6, 6.07) is 0. The molecule has 0 aliphatic carbocycles. The Morgan fingerprint density at radius 3 is 2.67 bits per heavy atom. The van der Waals surface area contributed by atoms with Crippen molar-refractivity contribution in [1.29, 1.82) is 0 Å². The van der Waals surface area contributed by atoms with Gasteiger partial charge in [-0.3, -0.25) is 4.79 Å². The second kappa shape index (κ2) is 1.97. The Labute approximate surface area is 52.6 Å². The fraction of sp³-hybridized carbons (Fsp3) is 0.800. The predicted molar refractivity (Wildman–Crippen MR) is 30.0 cm³/mol. The van der Waals surface area contributed by atoms with Gasteiger partial charge in [0.15, 0.2) is 0 Å². The average molecular weight is 131 g/mol. The highest BCUT2D eigenvalue weighted by Gasteiger charge is 2.37. The zero-order valence-corrected chi connectivity index (χ0v) is 4.96. The van der Waals surface area contributed by atoms with Gasteiger partial charge in [-0.05, 0) is 0 Å². The molecule has 0 aromatic heterocycles. The van der Waals surface area contributed by atoms with E-state index in [-0.39, 0.29) is 6.61 Å². The molecule has 0 amide bonds. The standard InChI is InChI=1S/C5H9NO3/c6-5(4(7)8)1-2-9-3-5/h1-3,6H2,(H,7,8)/t5-/m0/s1. The van der Waals surface area contributed by atoms with Gasteiger partial charge in [-0.25, -0.2) is 0 Å². The van der Waals surface area contributed by atoms with Crippen molar-refractivity contribution >= 4 is 5.97 Å². The van der Waals surface area contributed by atoms with Gasteiger partial charge >= 0.3 is 5.97 Å². The maximum Gasteiger partial charge on any atom is 0.326 e. The summed E-state index contributed by atoms with van der Waals surface area (Å²) in [5.74, 6) is -0.972. The minimum Gasteiger partial charge on any atom is -0.480 e. The molecule has 1 saturated heterocycles. The summed E-state index contributed by atoms with van der Waals surface area (Å²) in [4.78, 5) is 10.3. The number of carboxylic acids is 1. The van der Waals surface area contributed by atoms with Gasteiger partial charge in [0.1, 0.15) is 5.54 Å². The molecule has 9 heavy (non-hydrogen) atoms. The lowest BCUT2D eigenvalue weighted by molar-refractivity contribution is -0.143. The second-order valence-electron chi connectivity index (χ2n) is 2.26. The van der Waals surface area contributed by atoms with Crippen LogP contribution in [0, 0.1) is 0 Å². The number of carboxylic acid groups (broad SMARTS) is 1. The molecule has 0 unspecified atom stereocenters. The van der Waals surface area contributed by atoms with Crippen LogP contribution in [0.2, 0.25) is 0 Å². The molecule has 1 aliphatic rings. The summed E-state index contributed by atoms with van der Waals surface area (Å²) in [5.41, 5.74) is 4.27.